The second-order valence-electron chi connectivity index (χ2n) is 3.44. The number of methoxy groups -OCH3 is 1. The summed E-state index contributed by atoms with van der Waals surface area (Å²) >= 11 is 6.46. The topological polar surface area (TPSA) is 57.4 Å². The zero-order valence-electron chi connectivity index (χ0n) is 9.75. The zero-order chi connectivity index (χ0) is 13.0. The highest BCUT2D eigenvalue weighted by molar-refractivity contribution is 7.80. The van der Waals surface area contributed by atoms with E-state index in [2.05, 4.69) is 4.98 Å². The molecule has 6 heteroatoms. The van der Waals surface area contributed by atoms with Gasteiger partial charge >= 0.3 is 0 Å². The molecule has 1 aromatic carbocycles. The van der Waals surface area contributed by atoms with Gasteiger partial charge in [-0.05, 0) is 18.2 Å². The van der Waals surface area contributed by atoms with Crippen molar-refractivity contribution in [2.24, 2.45) is 5.73 Å². The Morgan fingerprint density at radius 2 is 2.28 bits per heavy atom. The third kappa shape index (κ3) is 2.96. The summed E-state index contributed by atoms with van der Waals surface area (Å²) in [5.74, 6) is 1.25. The summed E-state index contributed by atoms with van der Waals surface area (Å²) < 4.78 is 10.9. The van der Waals surface area contributed by atoms with Crippen LogP contribution in [0.4, 0.5) is 0 Å². The van der Waals surface area contributed by atoms with Gasteiger partial charge in [0.1, 0.15) is 16.6 Å². The van der Waals surface area contributed by atoms with Gasteiger partial charge in [-0.1, -0.05) is 12.2 Å². The molecule has 0 saturated heterocycles. The van der Waals surface area contributed by atoms with Crippen molar-refractivity contribution in [2.45, 2.75) is 6.61 Å². The van der Waals surface area contributed by atoms with Crippen LogP contribution in [0.2, 0.25) is 0 Å². The average Bonchev–Trinajstić information content (AvgIpc) is 2.89. The SMILES string of the molecule is COc1cc(C(N)=S)ccc1OCc1nccs1. The molecule has 0 amide bonds. The fourth-order valence-corrected chi connectivity index (χ4v) is 2.06. The van der Waals surface area contributed by atoms with Crippen LogP contribution >= 0.6 is 23.6 Å². The molecule has 0 bridgehead atoms. The van der Waals surface area contributed by atoms with Gasteiger partial charge in [0.25, 0.3) is 0 Å². The first-order chi connectivity index (χ1) is 8.70. The Hall–Kier alpha value is -1.66. The fourth-order valence-electron chi connectivity index (χ4n) is 1.40. The van der Waals surface area contributed by atoms with Crippen molar-refractivity contribution in [3.8, 4) is 11.5 Å². The fraction of sp³-hybridized carbons (Fsp3) is 0.167. The molecule has 1 heterocycles. The molecule has 2 rings (SSSR count). The summed E-state index contributed by atoms with van der Waals surface area (Å²) in [6.45, 7) is 0.417. The Balaban J connectivity index is 2.14. The quantitative estimate of drug-likeness (QED) is 0.852. The average molecular weight is 280 g/mol. The normalized spacial score (nSPS) is 10.1. The van der Waals surface area contributed by atoms with E-state index in [0.29, 0.717) is 23.1 Å². The summed E-state index contributed by atoms with van der Waals surface area (Å²) in [6, 6.07) is 5.36. The van der Waals surface area contributed by atoms with Crippen LogP contribution in [0, 0.1) is 0 Å². The van der Waals surface area contributed by atoms with E-state index >= 15 is 0 Å². The Labute approximate surface area is 114 Å². The van der Waals surface area contributed by atoms with E-state index in [9.17, 15) is 0 Å². The lowest BCUT2D eigenvalue weighted by Gasteiger charge is -2.10. The van der Waals surface area contributed by atoms with Gasteiger partial charge in [-0.3, -0.25) is 0 Å². The highest BCUT2D eigenvalue weighted by atomic mass is 32.1. The number of hydrogen-bond acceptors (Lipinski definition) is 5. The molecule has 0 aliphatic carbocycles. The highest BCUT2D eigenvalue weighted by Gasteiger charge is 2.08. The van der Waals surface area contributed by atoms with Crippen molar-refractivity contribution < 1.29 is 9.47 Å². The van der Waals surface area contributed by atoms with Crippen molar-refractivity contribution in [1.82, 2.24) is 4.98 Å². The zero-order valence-corrected chi connectivity index (χ0v) is 11.4. The van der Waals surface area contributed by atoms with Gasteiger partial charge in [0.15, 0.2) is 11.5 Å². The molecule has 94 valence electrons. The van der Waals surface area contributed by atoms with E-state index in [1.807, 2.05) is 11.4 Å². The lowest BCUT2D eigenvalue weighted by atomic mass is 10.2. The first-order valence-corrected chi connectivity index (χ1v) is 6.48. The third-order valence-electron chi connectivity index (χ3n) is 2.28. The molecular weight excluding hydrogens is 268 g/mol. The van der Waals surface area contributed by atoms with Crippen LogP contribution in [0.15, 0.2) is 29.8 Å². The van der Waals surface area contributed by atoms with Crippen molar-refractivity contribution in [3.05, 3.63) is 40.3 Å². The highest BCUT2D eigenvalue weighted by Crippen LogP contribution is 2.28. The first kappa shape index (κ1) is 12.8. The summed E-state index contributed by atoms with van der Waals surface area (Å²) in [7, 11) is 1.58. The van der Waals surface area contributed by atoms with Gasteiger partial charge in [0, 0.05) is 17.1 Å². The van der Waals surface area contributed by atoms with Crippen LogP contribution in [0.1, 0.15) is 10.6 Å². The molecule has 1 aromatic heterocycles. The Morgan fingerprint density at radius 3 is 2.89 bits per heavy atom. The smallest absolute Gasteiger partial charge is 0.161 e. The first-order valence-electron chi connectivity index (χ1n) is 5.19. The van der Waals surface area contributed by atoms with Gasteiger partial charge in [0.05, 0.1) is 7.11 Å². The number of thiazole rings is 1. The van der Waals surface area contributed by atoms with Crippen LogP contribution in [-0.4, -0.2) is 17.1 Å². The molecule has 2 N–H and O–H groups in total. The molecule has 18 heavy (non-hydrogen) atoms. The predicted molar refractivity (Wildman–Crippen MR) is 75.3 cm³/mol. The third-order valence-corrected chi connectivity index (χ3v) is 3.27. The number of benzene rings is 1. The number of thiocarbonyl (C=S) groups is 1. The van der Waals surface area contributed by atoms with Gasteiger partial charge < -0.3 is 15.2 Å². The second kappa shape index (κ2) is 5.79. The van der Waals surface area contributed by atoms with E-state index in [-0.39, 0.29) is 0 Å². The van der Waals surface area contributed by atoms with Crippen LogP contribution in [0.3, 0.4) is 0 Å². The number of nitrogens with two attached hydrogens (primary N) is 1. The second-order valence-corrected chi connectivity index (χ2v) is 4.86. The van der Waals surface area contributed by atoms with Gasteiger partial charge in [-0.15, -0.1) is 11.3 Å². The summed E-state index contributed by atoms with van der Waals surface area (Å²) in [4.78, 5) is 4.48. The number of rotatable bonds is 5. The minimum Gasteiger partial charge on any atom is -0.493 e. The van der Waals surface area contributed by atoms with Gasteiger partial charge in [-0.25, -0.2) is 4.98 Å². The van der Waals surface area contributed by atoms with E-state index in [1.54, 1.807) is 36.8 Å². The molecule has 0 radical (unpaired) electrons. The monoisotopic (exact) mass is 280 g/mol. The van der Waals surface area contributed by atoms with Crippen LogP contribution in [0.25, 0.3) is 0 Å². The van der Waals surface area contributed by atoms with Crippen LogP contribution in [0.5, 0.6) is 11.5 Å². The maximum Gasteiger partial charge on any atom is 0.161 e. The maximum atomic E-state index is 5.65. The molecule has 0 fully saturated rings. The molecule has 0 unspecified atom stereocenters. The molecule has 0 saturated carbocycles. The molecule has 2 aromatic rings. The Bertz CT molecular complexity index is 541. The standard InChI is InChI=1S/C12H12N2O2S2/c1-15-10-6-8(12(13)17)2-3-9(10)16-7-11-14-4-5-18-11/h2-6H,7H2,1H3,(H2,13,17). The van der Waals surface area contributed by atoms with Crippen molar-refractivity contribution >= 4 is 28.5 Å². The molecule has 0 spiro atoms. The Morgan fingerprint density at radius 1 is 1.44 bits per heavy atom. The minimum absolute atomic E-state index is 0.333. The lowest BCUT2D eigenvalue weighted by molar-refractivity contribution is 0.284. The minimum atomic E-state index is 0.333. The summed E-state index contributed by atoms with van der Waals surface area (Å²) in [5, 5.41) is 2.82. The predicted octanol–water partition coefficient (Wildman–Crippen LogP) is 2.36. The summed E-state index contributed by atoms with van der Waals surface area (Å²) in [6.07, 6.45) is 1.75. The maximum absolute atomic E-state index is 5.65. The molecule has 0 aliphatic rings. The van der Waals surface area contributed by atoms with Crippen molar-refractivity contribution in [2.75, 3.05) is 7.11 Å². The largest absolute Gasteiger partial charge is 0.493 e. The van der Waals surface area contributed by atoms with Gasteiger partial charge in [-0.2, -0.15) is 0 Å². The van der Waals surface area contributed by atoms with E-state index in [0.717, 1.165) is 10.6 Å². The van der Waals surface area contributed by atoms with E-state index in [1.165, 1.54) is 0 Å². The molecule has 0 aliphatic heterocycles. The van der Waals surface area contributed by atoms with E-state index < -0.39 is 0 Å². The lowest BCUT2D eigenvalue weighted by Crippen LogP contribution is -2.09. The van der Waals surface area contributed by atoms with Crippen molar-refractivity contribution in [3.63, 3.8) is 0 Å². The number of nitrogens with zero attached hydrogens (tertiary/aromatic N) is 1. The number of aromatic nitrogens is 1. The number of ether oxygens (including phenoxy) is 2. The van der Waals surface area contributed by atoms with E-state index in [4.69, 9.17) is 27.4 Å². The van der Waals surface area contributed by atoms with Crippen LogP contribution < -0.4 is 15.2 Å². The van der Waals surface area contributed by atoms with Gasteiger partial charge in [0.2, 0.25) is 0 Å². The number of hydrogen-bond donors (Lipinski definition) is 1. The molecule has 4 nitrogen and oxygen atoms in total. The summed E-state index contributed by atoms with van der Waals surface area (Å²) in [5.41, 5.74) is 6.32. The van der Waals surface area contributed by atoms with Crippen molar-refractivity contribution in [1.29, 1.82) is 0 Å². The molecular formula is C12H12N2O2S2. The Kier molecular flexibility index (Phi) is 4.11. The van der Waals surface area contributed by atoms with Crippen LogP contribution in [-0.2, 0) is 6.61 Å². The molecule has 0 atom stereocenters.